The molecule has 1 N–H and O–H groups in total. The summed E-state index contributed by atoms with van der Waals surface area (Å²) in [7, 11) is 0. The number of nitrogens with zero attached hydrogens (tertiary/aromatic N) is 2. The summed E-state index contributed by atoms with van der Waals surface area (Å²) >= 11 is 0. The van der Waals surface area contributed by atoms with E-state index in [0.717, 1.165) is 0 Å². The van der Waals surface area contributed by atoms with Crippen LogP contribution in [0.3, 0.4) is 0 Å². The van der Waals surface area contributed by atoms with Crippen LogP contribution in [0.5, 0.6) is 0 Å². The van der Waals surface area contributed by atoms with Gasteiger partial charge in [0.2, 0.25) is 5.89 Å². The number of rotatable bonds is 5. The molecule has 1 aromatic heterocycles. The molecule has 7 nitrogen and oxygen atoms in total. The van der Waals surface area contributed by atoms with Crippen LogP contribution in [0.15, 0.2) is 4.52 Å². The van der Waals surface area contributed by atoms with Crippen LogP contribution in [0.4, 0.5) is 0 Å². The van der Waals surface area contributed by atoms with Crippen LogP contribution in [0.25, 0.3) is 0 Å². The van der Waals surface area contributed by atoms with E-state index in [-0.39, 0.29) is 24.8 Å². The largest absolute Gasteiger partial charge is 0.466 e. The molecule has 0 aliphatic rings. The number of hydrogen-bond acceptors (Lipinski definition) is 6. The van der Waals surface area contributed by atoms with Gasteiger partial charge in [-0.3, -0.25) is 9.59 Å². The van der Waals surface area contributed by atoms with E-state index in [4.69, 9.17) is 4.74 Å². The zero-order chi connectivity index (χ0) is 12.0. The first kappa shape index (κ1) is 12.2. The molecule has 0 atom stereocenters. The minimum atomic E-state index is -0.471. The summed E-state index contributed by atoms with van der Waals surface area (Å²) in [4.78, 5) is 26.0. The van der Waals surface area contributed by atoms with E-state index in [1.54, 1.807) is 13.8 Å². The predicted molar refractivity (Wildman–Crippen MR) is 52.6 cm³/mol. The highest BCUT2D eigenvalue weighted by Gasteiger charge is 2.12. The Kier molecular flexibility index (Phi) is 4.43. The smallest absolute Gasteiger partial charge is 0.307 e. The van der Waals surface area contributed by atoms with Crippen LogP contribution < -0.4 is 5.32 Å². The highest BCUT2D eigenvalue weighted by molar-refractivity contribution is 5.90. The van der Waals surface area contributed by atoms with Gasteiger partial charge >= 0.3 is 5.97 Å². The fourth-order valence-corrected chi connectivity index (χ4v) is 0.982. The van der Waals surface area contributed by atoms with Gasteiger partial charge in [-0.25, -0.2) is 0 Å². The molecule has 16 heavy (non-hydrogen) atoms. The van der Waals surface area contributed by atoms with E-state index in [1.165, 1.54) is 0 Å². The number of ether oxygens (including phenoxy) is 1. The van der Waals surface area contributed by atoms with Gasteiger partial charge in [0, 0.05) is 13.5 Å². The molecule has 0 unspecified atom stereocenters. The molecule has 1 rings (SSSR count). The molecule has 1 aromatic rings. The summed E-state index contributed by atoms with van der Waals surface area (Å²) in [6.07, 6.45) is 0.121. The lowest BCUT2D eigenvalue weighted by atomic mass is 10.4. The van der Waals surface area contributed by atoms with E-state index >= 15 is 0 Å². The Balaban J connectivity index is 2.28. The minimum Gasteiger partial charge on any atom is -0.466 e. The van der Waals surface area contributed by atoms with Gasteiger partial charge in [0.05, 0.1) is 13.0 Å². The van der Waals surface area contributed by atoms with Gasteiger partial charge in [-0.15, -0.1) is 0 Å². The summed E-state index contributed by atoms with van der Waals surface area (Å²) in [6.45, 7) is 3.82. The molecule has 0 bridgehead atoms. The number of aromatic nitrogens is 2. The number of nitrogens with one attached hydrogen (secondary N) is 1. The van der Waals surface area contributed by atoms with Crippen molar-refractivity contribution in [2.75, 3.05) is 13.2 Å². The molecule has 1 heterocycles. The van der Waals surface area contributed by atoms with Crippen molar-refractivity contribution in [1.29, 1.82) is 0 Å². The lowest BCUT2D eigenvalue weighted by molar-refractivity contribution is -0.142. The number of carbonyl (C=O) groups is 2. The molecule has 0 aliphatic heterocycles. The molecular weight excluding hydrogens is 214 g/mol. The van der Waals surface area contributed by atoms with Crippen LogP contribution in [-0.4, -0.2) is 35.2 Å². The van der Waals surface area contributed by atoms with Gasteiger partial charge in [0.25, 0.3) is 11.7 Å². The van der Waals surface area contributed by atoms with Crippen molar-refractivity contribution in [1.82, 2.24) is 15.5 Å². The highest BCUT2D eigenvalue weighted by Crippen LogP contribution is 1.94. The summed E-state index contributed by atoms with van der Waals surface area (Å²) in [5.41, 5.74) is 0. The van der Waals surface area contributed by atoms with Crippen molar-refractivity contribution < 1.29 is 18.8 Å². The number of amides is 1. The first-order chi connectivity index (χ1) is 7.63. The molecule has 7 heteroatoms. The summed E-state index contributed by atoms with van der Waals surface area (Å²) in [5.74, 6) is -0.551. The van der Waals surface area contributed by atoms with E-state index in [9.17, 15) is 9.59 Å². The van der Waals surface area contributed by atoms with Gasteiger partial charge in [-0.05, 0) is 6.92 Å². The fourth-order valence-electron chi connectivity index (χ4n) is 0.982. The second-order valence-corrected chi connectivity index (χ2v) is 2.95. The normalized spacial score (nSPS) is 9.88. The lowest BCUT2D eigenvalue weighted by Crippen LogP contribution is -2.27. The highest BCUT2D eigenvalue weighted by atomic mass is 16.5. The van der Waals surface area contributed by atoms with Crippen molar-refractivity contribution in [2.45, 2.75) is 20.3 Å². The van der Waals surface area contributed by atoms with Crippen molar-refractivity contribution in [2.24, 2.45) is 0 Å². The third kappa shape index (κ3) is 3.68. The average molecular weight is 227 g/mol. The Labute approximate surface area is 92.2 Å². The van der Waals surface area contributed by atoms with Crippen LogP contribution in [-0.2, 0) is 9.53 Å². The Morgan fingerprint density at radius 1 is 1.50 bits per heavy atom. The average Bonchev–Trinajstić information content (AvgIpc) is 2.65. The SMILES string of the molecule is CCOC(=O)CCNC(=O)c1noc(C)n1. The van der Waals surface area contributed by atoms with Crippen LogP contribution in [0.1, 0.15) is 29.9 Å². The van der Waals surface area contributed by atoms with Gasteiger partial charge in [-0.1, -0.05) is 5.16 Å². The molecule has 0 fully saturated rings. The third-order valence-electron chi connectivity index (χ3n) is 1.65. The zero-order valence-corrected chi connectivity index (χ0v) is 9.15. The van der Waals surface area contributed by atoms with Gasteiger partial charge in [0.1, 0.15) is 0 Å². The maximum absolute atomic E-state index is 11.3. The van der Waals surface area contributed by atoms with E-state index in [0.29, 0.717) is 12.5 Å². The van der Waals surface area contributed by atoms with Gasteiger partial charge in [-0.2, -0.15) is 4.98 Å². The molecule has 0 aromatic carbocycles. The molecule has 0 radical (unpaired) electrons. The Morgan fingerprint density at radius 3 is 2.81 bits per heavy atom. The lowest BCUT2D eigenvalue weighted by Gasteiger charge is -2.02. The molecule has 0 saturated heterocycles. The molecular formula is C9H13N3O4. The zero-order valence-electron chi connectivity index (χ0n) is 9.15. The van der Waals surface area contributed by atoms with Crippen molar-refractivity contribution in [3.63, 3.8) is 0 Å². The maximum atomic E-state index is 11.3. The first-order valence-electron chi connectivity index (χ1n) is 4.87. The predicted octanol–water partition coefficient (Wildman–Crippen LogP) is 0.0610. The Hall–Kier alpha value is -1.92. The molecule has 0 spiro atoms. The van der Waals surface area contributed by atoms with Crippen LogP contribution >= 0.6 is 0 Å². The number of aryl methyl sites for hydroxylation is 1. The van der Waals surface area contributed by atoms with E-state index in [2.05, 4.69) is 20.0 Å². The monoisotopic (exact) mass is 227 g/mol. The third-order valence-corrected chi connectivity index (χ3v) is 1.65. The van der Waals surface area contributed by atoms with Crippen molar-refractivity contribution in [3.05, 3.63) is 11.7 Å². The minimum absolute atomic E-state index is 0.0404. The second kappa shape index (κ2) is 5.84. The van der Waals surface area contributed by atoms with Crippen molar-refractivity contribution in [3.8, 4) is 0 Å². The topological polar surface area (TPSA) is 94.3 Å². The number of carbonyl (C=O) groups excluding carboxylic acids is 2. The second-order valence-electron chi connectivity index (χ2n) is 2.95. The Morgan fingerprint density at radius 2 is 2.25 bits per heavy atom. The molecule has 0 aliphatic carbocycles. The summed E-state index contributed by atoms with van der Waals surface area (Å²) in [6, 6.07) is 0. The molecule has 88 valence electrons. The Bertz CT molecular complexity index is 375. The van der Waals surface area contributed by atoms with E-state index in [1.807, 2.05) is 0 Å². The molecule has 1 amide bonds. The fraction of sp³-hybridized carbons (Fsp3) is 0.556. The summed E-state index contributed by atoms with van der Waals surface area (Å²) in [5, 5.41) is 5.91. The van der Waals surface area contributed by atoms with Gasteiger partial charge < -0.3 is 14.6 Å². The van der Waals surface area contributed by atoms with E-state index < -0.39 is 5.91 Å². The number of hydrogen-bond donors (Lipinski definition) is 1. The number of esters is 1. The molecule has 0 saturated carbocycles. The van der Waals surface area contributed by atoms with Crippen LogP contribution in [0, 0.1) is 6.92 Å². The quantitative estimate of drug-likeness (QED) is 0.715. The first-order valence-corrected chi connectivity index (χ1v) is 4.87. The standard InChI is InChI=1S/C9H13N3O4/c1-3-15-7(13)4-5-10-9(14)8-11-6(2)16-12-8/h3-5H2,1-2H3,(H,10,14). The van der Waals surface area contributed by atoms with Crippen LogP contribution in [0.2, 0.25) is 0 Å². The van der Waals surface area contributed by atoms with Crippen molar-refractivity contribution >= 4 is 11.9 Å². The van der Waals surface area contributed by atoms with Gasteiger partial charge in [0.15, 0.2) is 0 Å². The summed E-state index contributed by atoms with van der Waals surface area (Å²) < 4.78 is 9.33. The maximum Gasteiger partial charge on any atom is 0.307 e.